The number of rotatable bonds is 5. The van der Waals surface area contributed by atoms with Crippen molar-refractivity contribution in [1.29, 1.82) is 0 Å². The van der Waals surface area contributed by atoms with Gasteiger partial charge in [-0.05, 0) is 36.6 Å². The minimum Gasteiger partial charge on any atom is -0.492 e. The average Bonchev–Trinajstić information content (AvgIpc) is 3.05. The third-order valence-corrected chi connectivity index (χ3v) is 4.66. The highest BCUT2D eigenvalue weighted by Gasteiger charge is 2.39. The van der Waals surface area contributed by atoms with Gasteiger partial charge in [0.1, 0.15) is 18.0 Å². The molecule has 1 atom stereocenters. The summed E-state index contributed by atoms with van der Waals surface area (Å²) in [5.74, 6) is 0.582. The number of hydrogen-bond acceptors (Lipinski definition) is 4. The van der Waals surface area contributed by atoms with Crippen molar-refractivity contribution in [3.63, 3.8) is 0 Å². The molecule has 3 rings (SSSR count). The van der Waals surface area contributed by atoms with Crippen molar-refractivity contribution >= 4 is 5.91 Å². The predicted molar refractivity (Wildman–Crippen MR) is 96.6 cm³/mol. The number of hydrogen-bond donors (Lipinski definition) is 2. The monoisotopic (exact) mass is 340 g/mol. The normalized spacial score (nSPS) is 19.9. The predicted octanol–water partition coefficient (Wildman–Crippen LogP) is 2.07. The Bertz CT molecular complexity index is 748. The quantitative estimate of drug-likeness (QED) is 0.874. The number of aryl methyl sites for hydroxylation is 1. The number of nitrogens with two attached hydrogens (primary N) is 1. The first-order valence-corrected chi connectivity index (χ1v) is 8.54. The zero-order valence-electron chi connectivity index (χ0n) is 14.4. The molecule has 0 bridgehead atoms. The molecule has 3 N–H and O–H groups in total. The van der Waals surface area contributed by atoms with Gasteiger partial charge in [-0.25, -0.2) is 0 Å². The number of β-amino-alcohol motifs (C(OH)–C–C–N with tert-alkyl or cyclic N) is 1. The maximum atomic E-state index is 12.8. The average molecular weight is 340 g/mol. The number of aliphatic hydroxyl groups is 1. The maximum absolute atomic E-state index is 12.8. The molecule has 1 aliphatic rings. The van der Waals surface area contributed by atoms with E-state index in [1.54, 1.807) is 17.0 Å². The molecule has 1 heterocycles. The van der Waals surface area contributed by atoms with E-state index in [2.05, 4.69) is 0 Å². The van der Waals surface area contributed by atoms with E-state index in [1.165, 1.54) is 0 Å². The smallest absolute Gasteiger partial charge is 0.254 e. The molecule has 0 aromatic heterocycles. The second kappa shape index (κ2) is 7.25. The van der Waals surface area contributed by atoms with Gasteiger partial charge in [0, 0.05) is 18.7 Å². The van der Waals surface area contributed by atoms with Crippen molar-refractivity contribution in [3.8, 4) is 5.75 Å². The van der Waals surface area contributed by atoms with E-state index in [-0.39, 0.29) is 5.91 Å². The number of benzene rings is 2. The summed E-state index contributed by atoms with van der Waals surface area (Å²) < 4.78 is 5.60. The fourth-order valence-corrected chi connectivity index (χ4v) is 3.19. The van der Waals surface area contributed by atoms with Gasteiger partial charge in [0.15, 0.2) is 0 Å². The summed E-state index contributed by atoms with van der Waals surface area (Å²) >= 11 is 0. The lowest BCUT2D eigenvalue weighted by atomic mass is 9.93. The summed E-state index contributed by atoms with van der Waals surface area (Å²) in [6.07, 6.45) is 0.533. The fourth-order valence-electron chi connectivity index (χ4n) is 3.19. The van der Waals surface area contributed by atoms with Crippen LogP contribution in [0.3, 0.4) is 0 Å². The lowest BCUT2D eigenvalue weighted by Crippen LogP contribution is -2.34. The molecule has 5 heteroatoms. The summed E-state index contributed by atoms with van der Waals surface area (Å²) in [4.78, 5) is 14.5. The zero-order valence-corrected chi connectivity index (χ0v) is 14.4. The Kier molecular flexibility index (Phi) is 5.06. The molecule has 25 heavy (non-hydrogen) atoms. The maximum Gasteiger partial charge on any atom is 0.254 e. The van der Waals surface area contributed by atoms with Crippen molar-refractivity contribution in [3.05, 3.63) is 65.2 Å². The van der Waals surface area contributed by atoms with Gasteiger partial charge < -0.3 is 20.5 Å². The summed E-state index contributed by atoms with van der Waals surface area (Å²) in [5, 5.41) is 10.9. The summed E-state index contributed by atoms with van der Waals surface area (Å²) in [6.45, 7) is 3.59. The van der Waals surface area contributed by atoms with Crippen LogP contribution < -0.4 is 10.5 Å². The summed E-state index contributed by atoms with van der Waals surface area (Å²) in [6, 6.07) is 15.0. The molecule has 132 valence electrons. The highest BCUT2D eigenvalue weighted by Crippen LogP contribution is 2.33. The Morgan fingerprint density at radius 3 is 2.76 bits per heavy atom. The first kappa shape index (κ1) is 17.5. The number of nitrogens with zero attached hydrogens (tertiary/aromatic N) is 1. The second-order valence-corrected chi connectivity index (χ2v) is 6.49. The number of carbonyl (C=O) groups is 1. The van der Waals surface area contributed by atoms with Gasteiger partial charge in [0.2, 0.25) is 0 Å². The topological polar surface area (TPSA) is 75.8 Å². The number of carbonyl (C=O) groups excluding carboxylic acids is 1. The third-order valence-electron chi connectivity index (χ3n) is 4.66. The van der Waals surface area contributed by atoms with E-state index in [0.717, 1.165) is 11.1 Å². The van der Waals surface area contributed by atoms with Crippen LogP contribution >= 0.6 is 0 Å². The van der Waals surface area contributed by atoms with Gasteiger partial charge in [0.25, 0.3) is 5.91 Å². The molecule has 0 radical (unpaired) electrons. The van der Waals surface area contributed by atoms with E-state index in [1.807, 2.05) is 43.3 Å². The van der Waals surface area contributed by atoms with Crippen LogP contribution in [0.5, 0.6) is 5.75 Å². The molecule has 0 spiro atoms. The molecule has 1 saturated heterocycles. The molecule has 2 aromatic carbocycles. The molecule has 1 fully saturated rings. The van der Waals surface area contributed by atoms with Crippen LogP contribution in [0.15, 0.2) is 48.5 Å². The van der Waals surface area contributed by atoms with E-state index in [0.29, 0.717) is 44.0 Å². The number of ether oxygens (including phenoxy) is 1. The van der Waals surface area contributed by atoms with Crippen LogP contribution in [0.2, 0.25) is 0 Å². The van der Waals surface area contributed by atoms with Crippen LogP contribution in [0.1, 0.15) is 27.9 Å². The minimum absolute atomic E-state index is 0.0931. The lowest BCUT2D eigenvalue weighted by molar-refractivity contribution is 0.0417. The van der Waals surface area contributed by atoms with Crippen molar-refractivity contribution in [1.82, 2.24) is 4.90 Å². The van der Waals surface area contributed by atoms with Crippen LogP contribution in [-0.2, 0) is 5.60 Å². The number of likely N-dealkylation sites (tertiary alicyclic amines) is 1. The molecular formula is C20H24N2O3. The van der Waals surface area contributed by atoms with Gasteiger partial charge in [-0.2, -0.15) is 0 Å². The molecule has 0 aliphatic carbocycles. The van der Waals surface area contributed by atoms with Crippen molar-refractivity contribution in [2.75, 3.05) is 26.2 Å². The molecule has 1 aliphatic heterocycles. The van der Waals surface area contributed by atoms with Gasteiger partial charge in [-0.3, -0.25) is 4.79 Å². The Balaban J connectivity index is 1.76. The van der Waals surface area contributed by atoms with Gasteiger partial charge in [0.05, 0.1) is 6.54 Å². The highest BCUT2D eigenvalue weighted by molar-refractivity contribution is 5.95. The lowest BCUT2D eigenvalue weighted by Gasteiger charge is -2.24. The minimum atomic E-state index is -0.986. The molecule has 5 nitrogen and oxygen atoms in total. The van der Waals surface area contributed by atoms with Crippen LogP contribution in [0.4, 0.5) is 0 Å². The van der Waals surface area contributed by atoms with Crippen LogP contribution in [-0.4, -0.2) is 42.2 Å². The summed E-state index contributed by atoms with van der Waals surface area (Å²) in [5.41, 5.74) is 6.87. The molecule has 2 aromatic rings. The highest BCUT2D eigenvalue weighted by atomic mass is 16.5. The van der Waals surface area contributed by atoms with Crippen molar-refractivity contribution in [2.24, 2.45) is 5.73 Å². The van der Waals surface area contributed by atoms with E-state index >= 15 is 0 Å². The third kappa shape index (κ3) is 3.67. The van der Waals surface area contributed by atoms with Crippen molar-refractivity contribution < 1.29 is 14.6 Å². The van der Waals surface area contributed by atoms with Crippen molar-refractivity contribution in [2.45, 2.75) is 18.9 Å². The molecule has 1 unspecified atom stereocenters. The second-order valence-electron chi connectivity index (χ2n) is 6.49. The SMILES string of the molecule is Cc1ccc(C(=O)N2CCC(O)(c3ccccc3)C2)cc1OCCN. The van der Waals surface area contributed by atoms with Crippen LogP contribution in [0, 0.1) is 6.92 Å². The van der Waals surface area contributed by atoms with E-state index in [4.69, 9.17) is 10.5 Å². The van der Waals surface area contributed by atoms with E-state index in [9.17, 15) is 9.90 Å². The largest absolute Gasteiger partial charge is 0.492 e. The standard InChI is InChI=1S/C20H24N2O3/c1-15-7-8-16(13-18(15)25-12-10-21)19(23)22-11-9-20(24,14-22)17-5-3-2-4-6-17/h2-8,13,24H,9-12,14,21H2,1H3. The van der Waals surface area contributed by atoms with Gasteiger partial charge in [-0.1, -0.05) is 36.4 Å². The Labute approximate surface area is 148 Å². The first-order valence-electron chi connectivity index (χ1n) is 8.54. The molecular weight excluding hydrogens is 316 g/mol. The van der Waals surface area contributed by atoms with Crippen LogP contribution in [0.25, 0.3) is 0 Å². The Morgan fingerprint density at radius 2 is 2.04 bits per heavy atom. The van der Waals surface area contributed by atoms with E-state index < -0.39 is 5.60 Å². The fraction of sp³-hybridized carbons (Fsp3) is 0.350. The first-order chi connectivity index (χ1) is 12.0. The number of amides is 1. The van der Waals surface area contributed by atoms with Gasteiger partial charge in [-0.15, -0.1) is 0 Å². The summed E-state index contributed by atoms with van der Waals surface area (Å²) in [7, 11) is 0. The Morgan fingerprint density at radius 1 is 1.28 bits per heavy atom. The molecule has 1 amide bonds. The Hall–Kier alpha value is -2.37. The van der Waals surface area contributed by atoms with Gasteiger partial charge >= 0.3 is 0 Å². The molecule has 0 saturated carbocycles. The zero-order chi connectivity index (χ0) is 17.9.